The third-order valence-electron chi connectivity index (χ3n) is 2.16. The summed E-state index contributed by atoms with van der Waals surface area (Å²) in [6.07, 6.45) is 0. The Hall–Kier alpha value is -0.635. The lowest BCUT2D eigenvalue weighted by molar-refractivity contribution is 0.403. The van der Waals surface area contributed by atoms with Gasteiger partial charge in [-0.2, -0.15) is 0 Å². The van der Waals surface area contributed by atoms with E-state index in [0.717, 1.165) is 10.0 Å². The van der Waals surface area contributed by atoms with E-state index in [1.165, 1.54) is 0 Å². The second kappa shape index (κ2) is 3.01. The van der Waals surface area contributed by atoms with Crippen LogP contribution in [0.3, 0.4) is 0 Å². The van der Waals surface area contributed by atoms with Crippen molar-refractivity contribution in [1.29, 1.82) is 0 Å². The van der Waals surface area contributed by atoms with Crippen LogP contribution < -0.4 is 5.46 Å². The maximum absolute atomic E-state index is 9.42. The largest absolute Gasteiger partial charge is 0.505 e. The lowest BCUT2D eigenvalue weighted by Gasteiger charge is -2.11. The molecule has 0 atom stereocenters. The minimum absolute atomic E-state index is 0.0202. The van der Waals surface area contributed by atoms with Crippen molar-refractivity contribution < 1.29 is 10.2 Å². The van der Waals surface area contributed by atoms with Crippen LogP contribution in [0.15, 0.2) is 4.47 Å². The molecular formula is C8H10BBrO2. The number of phenols is 2. The van der Waals surface area contributed by atoms with Gasteiger partial charge in [0.1, 0.15) is 7.85 Å². The fourth-order valence-electron chi connectivity index (χ4n) is 1.08. The smallest absolute Gasteiger partial charge is 0.160 e. The number of hydrogen-bond donors (Lipinski definition) is 2. The summed E-state index contributed by atoms with van der Waals surface area (Å²) >= 11 is 3.34. The van der Waals surface area contributed by atoms with Crippen molar-refractivity contribution in [2.45, 2.75) is 13.8 Å². The summed E-state index contributed by atoms with van der Waals surface area (Å²) in [5, 5.41) is 18.8. The molecule has 0 unspecified atom stereocenters. The molecule has 0 radical (unpaired) electrons. The van der Waals surface area contributed by atoms with Crippen LogP contribution in [0.2, 0.25) is 0 Å². The molecule has 64 valence electrons. The molecule has 0 saturated carbocycles. The molecule has 0 amide bonds. The van der Waals surface area contributed by atoms with E-state index in [-0.39, 0.29) is 11.5 Å². The molecule has 0 aliphatic heterocycles. The second-order valence-electron chi connectivity index (χ2n) is 2.89. The fourth-order valence-corrected chi connectivity index (χ4v) is 1.57. The molecule has 0 aromatic heterocycles. The summed E-state index contributed by atoms with van der Waals surface area (Å²) < 4.78 is 0.857. The van der Waals surface area contributed by atoms with Crippen molar-refractivity contribution >= 4 is 29.2 Å². The summed E-state index contributed by atoms with van der Waals surface area (Å²) in [6, 6.07) is 0. The zero-order valence-electron chi connectivity index (χ0n) is 7.27. The van der Waals surface area contributed by atoms with E-state index < -0.39 is 0 Å². The van der Waals surface area contributed by atoms with Crippen LogP contribution in [0, 0.1) is 13.8 Å². The van der Waals surface area contributed by atoms with Crippen molar-refractivity contribution in [2.75, 3.05) is 0 Å². The molecule has 2 nitrogen and oxygen atoms in total. The molecule has 0 fully saturated rings. The van der Waals surface area contributed by atoms with Crippen molar-refractivity contribution in [3.05, 3.63) is 15.6 Å². The maximum Gasteiger partial charge on any atom is 0.160 e. The van der Waals surface area contributed by atoms with Crippen LogP contribution in [-0.2, 0) is 0 Å². The molecule has 1 aromatic rings. The Labute approximate surface area is 80.8 Å². The van der Waals surface area contributed by atoms with Crippen LogP contribution in [-0.4, -0.2) is 18.1 Å². The monoisotopic (exact) mass is 228 g/mol. The van der Waals surface area contributed by atoms with E-state index in [1.807, 2.05) is 6.92 Å². The number of hydrogen-bond acceptors (Lipinski definition) is 2. The third-order valence-corrected chi connectivity index (χ3v) is 3.35. The van der Waals surface area contributed by atoms with Crippen molar-refractivity contribution in [1.82, 2.24) is 0 Å². The first-order chi connectivity index (χ1) is 5.46. The molecule has 4 heteroatoms. The molecule has 0 heterocycles. The number of rotatable bonds is 0. The van der Waals surface area contributed by atoms with Crippen molar-refractivity contribution in [3.8, 4) is 11.5 Å². The molecule has 0 bridgehead atoms. The highest BCUT2D eigenvalue weighted by Gasteiger charge is 2.13. The van der Waals surface area contributed by atoms with Crippen LogP contribution in [0.25, 0.3) is 0 Å². The van der Waals surface area contributed by atoms with E-state index in [4.69, 9.17) is 0 Å². The van der Waals surface area contributed by atoms with Gasteiger partial charge in [0.05, 0.1) is 0 Å². The third kappa shape index (κ3) is 1.20. The van der Waals surface area contributed by atoms with Gasteiger partial charge in [-0.15, -0.1) is 0 Å². The maximum atomic E-state index is 9.42. The van der Waals surface area contributed by atoms with Gasteiger partial charge in [-0.25, -0.2) is 0 Å². The first kappa shape index (κ1) is 9.45. The highest BCUT2D eigenvalue weighted by Crippen LogP contribution is 2.33. The summed E-state index contributed by atoms with van der Waals surface area (Å²) in [6.45, 7) is 3.65. The number of aromatic hydroxyl groups is 2. The first-order valence-corrected chi connectivity index (χ1v) is 4.43. The fraction of sp³-hybridized carbons (Fsp3) is 0.250. The molecule has 1 rings (SSSR count). The van der Waals surface area contributed by atoms with Gasteiger partial charge in [0, 0.05) is 10.0 Å². The Morgan fingerprint density at radius 1 is 1.08 bits per heavy atom. The van der Waals surface area contributed by atoms with Gasteiger partial charge in [0.15, 0.2) is 11.5 Å². The Kier molecular flexibility index (Phi) is 2.37. The molecule has 0 aliphatic rings. The standard InChI is InChI=1S/C8H10BBrO2/c1-3-5(9)8(12)7(11)4(2)6(3)10/h11-12H,9H2,1-2H3. The van der Waals surface area contributed by atoms with Crippen LogP contribution in [0.1, 0.15) is 11.1 Å². The van der Waals surface area contributed by atoms with Gasteiger partial charge < -0.3 is 10.2 Å². The van der Waals surface area contributed by atoms with Gasteiger partial charge in [-0.1, -0.05) is 15.9 Å². The highest BCUT2D eigenvalue weighted by atomic mass is 79.9. The summed E-state index contributed by atoms with van der Waals surface area (Å²) in [5.41, 5.74) is 2.35. The van der Waals surface area contributed by atoms with Crippen molar-refractivity contribution in [2.24, 2.45) is 0 Å². The number of benzene rings is 1. The van der Waals surface area contributed by atoms with E-state index in [0.29, 0.717) is 11.0 Å². The Bertz CT molecular complexity index is 231. The van der Waals surface area contributed by atoms with Crippen LogP contribution >= 0.6 is 15.9 Å². The summed E-state index contributed by atoms with van der Waals surface area (Å²) in [5.74, 6) is -0.0572. The minimum atomic E-state index is -0.0371. The minimum Gasteiger partial charge on any atom is -0.505 e. The van der Waals surface area contributed by atoms with Crippen LogP contribution in [0.4, 0.5) is 0 Å². The Morgan fingerprint density at radius 3 is 2.08 bits per heavy atom. The van der Waals surface area contributed by atoms with Gasteiger partial charge in [0.2, 0.25) is 0 Å². The van der Waals surface area contributed by atoms with E-state index in [1.54, 1.807) is 14.8 Å². The SMILES string of the molecule is Bc1c(C)c(Br)c(C)c(O)c1O. The number of halogens is 1. The zero-order valence-corrected chi connectivity index (χ0v) is 8.86. The Morgan fingerprint density at radius 2 is 1.58 bits per heavy atom. The van der Waals surface area contributed by atoms with Gasteiger partial charge >= 0.3 is 0 Å². The summed E-state index contributed by atoms with van der Waals surface area (Å²) in [7, 11) is 1.77. The van der Waals surface area contributed by atoms with Gasteiger partial charge in [-0.05, 0) is 24.9 Å². The zero-order chi connectivity index (χ0) is 9.46. The lowest BCUT2D eigenvalue weighted by atomic mass is 9.88. The van der Waals surface area contributed by atoms with E-state index in [9.17, 15) is 10.2 Å². The molecule has 0 spiro atoms. The quantitative estimate of drug-likeness (QED) is 0.508. The predicted molar refractivity (Wildman–Crippen MR) is 55.1 cm³/mol. The van der Waals surface area contributed by atoms with Gasteiger partial charge in [0.25, 0.3) is 0 Å². The van der Waals surface area contributed by atoms with Crippen LogP contribution in [0.5, 0.6) is 11.5 Å². The average molecular weight is 229 g/mol. The lowest BCUT2D eigenvalue weighted by Crippen LogP contribution is -2.09. The second-order valence-corrected chi connectivity index (χ2v) is 3.68. The molecule has 0 aliphatic carbocycles. The topological polar surface area (TPSA) is 40.5 Å². The average Bonchev–Trinajstić information content (AvgIpc) is 2.08. The summed E-state index contributed by atoms with van der Waals surface area (Å²) in [4.78, 5) is 0. The molecule has 1 aromatic carbocycles. The molecule has 2 N–H and O–H groups in total. The molecular weight excluding hydrogens is 219 g/mol. The highest BCUT2D eigenvalue weighted by molar-refractivity contribution is 9.10. The normalized spacial score (nSPS) is 10.2. The first-order valence-electron chi connectivity index (χ1n) is 3.64. The number of phenolic OH excluding ortho intramolecular Hbond substituents is 2. The van der Waals surface area contributed by atoms with Crippen molar-refractivity contribution in [3.63, 3.8) is 0 Å². The van der Waals surface area contributed by atoms with E-state index in [2.05, 4.69) is 15.9 Å². The molecule has 12 heavy (non-hydrogen) atoms. The van der Waals surface area contributed by atoms with Gasteiger partial charge in [-0.3, -0.25) is 0 Å². The Balaban J connectivity index is 3.60. The molecule has 0 saturated heterocycles. The predicted octanol–water partition coefficient (Wildman–Crippen LogP) is 0.736. The van der Waals surface area contributed by atoms with E-state index >= 15 is 0 Å².